The van der Waals surface area contributed by atoms with E-state index in [1.807, 2.05) is 24.3 Å². The molecule has 1 aliphatic heterocycles. The lowest BCUT2D eigenvalue weighted by Crippen LogP contribution is -2.39. The maximum Gasteiger partial charge on any atom is 0.304 e. The highest BCUT2D eigenvalue weighted by atomic mass is 35.5. The van der Waals surface area contributed by atoms with Crippen LogP contribution in [0.2, 0.25) is 10.0 Å². The van der Waals surface area contributed by atoms with Crippen LogP contribution in [0.4, 0.5) is 0 Å². The number of nitrogens with zero attached hydrogens (tertiary/aromatic N) is 1. The van der Waals surface area contributed by atoms with Crippen LogP contribution in [0.25, 0.3) is 0 Å². The first-order chi connectivity index (χ1) is 12.5. The molecule has 0 bridgehead atoms. The third-order valence-electron chi connectivity index (χ3n) is 4.17. The summed E-state index contributed by atoms with van der Waals surface area (Å²) >= 11 is 11.9. The predicted octanol–water partition coefficient (Wildman–Crippen LogP) is 4.63. The molecule has 0 aromatic heterocycles. The van der Waals surface area contributed by atoms with Crippen LogP contribution in [0.15, 0.2) is 42.5 Å². The zero-order chi connectivity index (χ0) is 18.5. The van der Waals surface area contributed by atoms with E-state index in [0.717, 1.165) is 12.1 Å². The molecule has 0 amide bonds. The summed E-state index contributed by atoms with van der Waals surface area (Å²) < 4.78 is 11.6. The topological polar surface area (TPSA) is 59.0 Å². The molecule has 0 spiro atoms. The second kappa shape index (κ2) is 8.73. The van der Waals surface area contributed by atoms with Crippen LogP contribution < -0.4 is 4.74 Å². The summed E-state index contributed by atoms with van der Waals surface area (Å²) in [5, 5.41) is 9.75. The summed E-state index contributed by atoms with van der Waals surface area (Å²) in [7, 11) is 0. The van der Waals surface area contributed by atoms with Crippen LogP contribution in [0.3, 0.4) is 0 Å². The van der Waals surface area contributed by atoms with Crippen LogP contribution in [-0.2, 0) is 9.53 Å². The van der Waals surface area contributed by atoms with E-state index in [2.05, 4.69) is 4.90 Å². The van der Waals surface area contributed by atoms with Gasteiger partial charge in [-0.1, -0.05) is 35.3 Å². The molecule has 0 saturated carbocycles. The largest absolute Gasteiger partial charge is 0.481 e. The van der Waals surface area contributed by atoms with E-state index in [9.17, 15) is 4.79 Å². The molecule has 0 radical (unpaired) electrons. The predicted molar refractivity (Wildman–Crippen MR) is 100 cm³/mol. The molecule has 1 aliphatic rings. The molecule has 138 valence electrons. The van der Waals surface area contributed by atoms with Crippen molar-refractivity contribution in [1.82, 2.24) is 4.90 Å². The van der Waals surface area contributed by atoms with Crippen molar-refractivity contribution < 1.29 is 19.4 Å². The van der Waals surface area contributed by atoms with Crippen LogP contribution >= 0.6 is 23.2 Å². The van der Waals surface area contributed by atoms with Crippen molar-refractivity contribution in [3.8, 4) is 11.5 Å². The maximum absolute atomic E-state index is 10.7. The van der Waals surface area contributed by atoms with Crippen molar-refractivity contribution in [2.75, 3.05) is 26.2 Å². The highest BCUT2D eigenvalue weighted by Crippen LogP contribution is 2.30. The van der Waals surface area contributed by atoms with Gasteiger partial charge in [-0.05, 0) is 29.8 Å². The molecule has 7 heteroatoms. The fraction of sp³-hybridized carbons (Fsp3) is 0.316. The number of ether oxygens (including phenoxy) is 2. The second-order valence-corrected chi connectivity index (χ2v) is 6.87. The van der Waals surface area contributed by atoms with Crippen molar-refractivity contribution >= 4 is 29.2 Å². The summed E-state index contributed by atoms with van der Waals surface area (Å²) in [4.78, 5) is 12.8. The average Bonchev–Trinajstić information content (AvgIpc) is 2.64. The molecule has 0 aliphatic carbocycles. The normalized spacial score (nSPS) is 17.8. The highest BCUT2D eigenvalue weighted by molar-refractivity contribution is 6.42. The first-order valence-corrected chi connectivity index (χ1v) is 9.05. The Labute approximate surface area is 162 Å². The van der Waals surface area contributed by atoms with Gasteiger partial charge in [0.1, 0.15) is 11.5 Å². The van der Waals surface area contributed by atoms with Crippen LogP contribution in [0.1, 0.15) is 18.1 Å². The number of morpholine rings is 1. The zero-order valence-corrected chi connectivity index (χ0v) is 15.5. The van der Waals surface area contributed by atoms with Gasteiger partial charge in [0.25, 0.3) is 0 Å². The van der Waals surface area contributed by atoms with Gasteiger partial charge in [0, 0.05) is 25.7 Å². The van der Waals surface area contributed by atoms with Crippen molar-refractivity contribution in [2.45, 2.75) is 12.5 Å². The van der Waals surface area contributed by atoms with Gasteiger partial charge in [0.05, 0.1) is 29.2 Å². The first-order valence-electron chi connectivity index (χ1n) is 8.30. The molecule has 1 N–H and O–H groups in total. The van der Waals surface area contributed by atoms with E-state index < -0.39 is 5.97 Å². The minimum atomic E-state index is -0.781. The monoisotopic (exact) mass is 395 g/mol. The number of halogens is 2. The van der Waals surface area contributed by atoms with Crippen LogP contribution in [0, 0.1) is 0 Å². The standard InChI is InChI=1S/C19H19Cl2NO4/c20-16-6-5-15(11-17(16)21)26-14-3-1-13(2-4-14)18-12-22(9-10-25-18)8-7-19(23)24/h1-6,11,18H,7-10,12H2,(H,23,24). The SMILES string of the molecule is O=C(O)CCN1CCOC(c2ccc(Oc3ccc(Cl)c(Cl)c3)cc2)C1. The number of carboxylic acid groups (broad SMARTS) is 1. The Morgan fingerprint density at radius 1 is 1.15 bits per heavy atom. The number of hydrogen-bond acceptors (Lipinski definition) is 4. The highest BCUT2D eigenvalue weighted by Gasteiger charge is 2.22. The molecule has 3 rings (SSSR count). The van der Waals surface area contributed by atoms with Gasteiger partial charge < -0.3 is 14.6 Å². The molecule has 5 nitrogen and oxygen atoms in total. The van der Waals surface area contributed by atoms with Gasteiger partial charge in [0.2, 0.25) is 0 Å². The zero-order valence-electron chi connectivity index (χ0n) is 14.0. The van der Waals surface area contributed by atoms with Gasteiger partial charge in [0.15, 0.2) is 0 Å². The lowest BCUT2D eigenvalue weighted by atomic mass is 10.1. The summed E-state index contributed by atoms with van der Waals surface area (Å²) in [6.45, 7) is 2.56. The van der Waals surface area contributed by atoms with Crippen LogP contribution in [0.5, 0.6) is 11.5 Å². The molecule has 1 fully saturated rings. The second-order valence-electron chi connectivity index (χ2n) is 6.05. The van der Waals surface area contributed by atoms with E-state index in [1.165, 1.54) is 0 Å². The van der Waals surface area contributed by atoms with E-state index in [-0.39, 0.29) is 12.5 Å². The van der Waals surface area contributed by atoms with Crippen molar-refractivity contribution in [3.63, 3.8) is 0 Å². The Morgan fingerprint density at radius 3 is 2.58 bits per heavy atom. The maximum atomic E-state index is 10.7. The van der Waals surface area contributed by atoms with E-state index in [0.29, 0.717) is 41.2 Å². The van der Waals surface area contributed by atoms with Crippen molar-refractivity contribution in [1.29, 1.82) is 0 Å². The van der Waals surface area contributed by atoms with Gasteiger partial charge in [-0.15, -0.1) is 0 Å². The molecule has 1 atom stereocenters. The number of carbonyl (C=O) groups is 1. The molecular weight excluding hydrogens is 377 g/mol. The van der Waals surface area contributed by atoms with Gasteiger partial charge >= 0.3 is 5.97 Å². The van der Waals surface area contributed by atoms with Crippen molar-refractivity contribution in [3.05, 3.63) is 58.1 Å². The number of benzene rings is 2. The van der Waals surface area contributed by atoms with Crippen LogP contribution in [-0.4, -0.2) is 42.2 Å². The number of aliphatic carboxylic acids is 1. The Hall–Kier alpha value is -1.79. The average molecular weight is 396 g/mol. The summed E-state index contributed by atoms with van der Waals surface area (Å²) in [5.74, 6) is 0.517. The van der Waals surface area contributed by atoms with E-state index >= 15 is 0 Å². The Morgan fingerprint density at radius 2 is 1.88 bits per heavy atom. The Bertz CT molecular complexity index is 767. The first kappa shape index (κ1) is 19.0. The van der Waals surface area contributed by atoms with Gasteiger partial charge in [-0.25, -0.2) is 0 Å². The number of rotatable bonds is 6. The third-order valence-corrected chi connectivity index (χ3v) is 4.91. The van der Waals surface area contributed by atoms with E-state index in [4.69, 9.17) is 37.8 Å². The molecule has 1 unspecified atom stereocenters. The molecule has 2 aromatic carbocycles. The Kier molecular flexibility index (Phi) is 6.38. The summed E-state index contributed by atoms with van der Waals surface area (Å²) in [6.07, 6.45) is 0.0694. The number of hydrogen-bond donors (Lipinski definition) is 1. The lowest BCUT2D eigenvalue weighted by Gasteiger charge is -2.32. The molecule has 2 aromatic rings. The Balaban J connectivity index is 1.61. The third kappa shape index (κ3) is 5.11. The minimum Gasteiger partial charge on any atom is -0.481 e. The molecule has 26 heavy (non-hydrogen) atoms. The van der Waals surface area contributed by atoms with E-state index in [1.54, 1.807) is 18.2 Å². The smallest absolute Gasteiger partial charge is 0.304 e. The van der Waals surface area contributed by atoms with Crippen molar-refractivity contribution in [2.24, 2.45) is 0 Å². The van der Waals surface area contributed by atoms with Gasteiger partial charge in [-0.2, -0.15) is 0 Å². The fourth-order valence-electron chi connectivity index (χ4n) is 2.79. The molecular formula is C19H19Cl2NO4. The minimum absolute atomic E-state index is 0.0726. The summed E-state index contributed by atoms with van der Waals surface area (Å²) in [5.41, 5.74) is 1.03. The molecule has 1 heterocycles. The fourth-order valence-corrected chi connectivity index (χ4v) is 3.08. The lowest BCUT2D eigenvalue weighted by molar-refractivity contribution is -0.137. The summed E-state index contributed by atoms with van der Waals surface area (Å²) in [6, 6.07) is 12.8. The number of carboxylic acids is 1. The van der Waals surface area contributed by atoms with Gasteiger partial charge in [-0.3, -0.25) is 9.69 Å². The quantitative estimate of drug-likeness (QED) is 0.771. The molecule has 1 saturated heterocycles.